The molecule has 0 bridgehead atoms. The van der Waals surface area contributed by atoms with Crippen LogP contribution in [0.25, 0.3) is 0 Å². The van der Waals surface area contributed by atoms with Crippen LogP contribution in [0.3, 0.4) is 0 Å². The molecule has 1 aromatic heterocycles. The fourth-order valence-electron chi connectivity index (χ4n) is 3.54. The molecule has 2 aliphatic carbocycles. The lowest BCUT2D eigenvalue weighted by Gasteiger charge is -2.22. The molecule has 29 heavy (non-hydrogen) atoms. The summed E-state index contributed by atoms with van der Waals surface area (Å²) in [5, 5.41) is 7.50. The Bertz CT molecular complexity index is 669. The molecule has 0 aromatic carbocycles. The number of carbonyl (C=O) groups is 1. The molecule has 9 heteroatoms. The standard InChI is InChI=1S/C20H33N5O2S.HI/c1-4-21-19(22-12-16(14-10-11-14)24-20(26)27-5-2)25(3)13-18-23-15-8-6-7-9-17(15)28-18;/h14,16H,4-13H2,1-3H3,(H,21,22)(H,24,26);1H. The zero-order chi connectivity index (χ0) is 19.9. The second-order valence-electron chi connectivity index (χ2n) is 7.54. The highest BCUT2D eigenvalue weighted by Crippen LogP contribution is 2.33. The van der Waals surface area contributed by atoms with Crippen LogP contribution in [0.5, 0.6) is 0 Å². The fraction of sp³-hybridized carbons (Fsp3) is 0.750. The lowest BCUT2D eigenvalue weighted by atomic mass is 10.0. The number of guanidine groups is 1. The topological polar surface area (TPSA) is 78.8 Å². The molecular formula is C20H34IN5O2S. The Kier molecular flexibility index (Phi) is 9.94. The van der Waals surface area contributed by atoms with Gasteiger partial charge in [0.05, 0.1) is 31.4 Å². The monoisotopic (exact) mass is 535 g/mol. The molecule has 2 aliphatic rings. The maximum absolute atomic E-state index is 11.8. The van der Waals surface area contributed by atoms with Gasteiger partial charge in [-0.2, -0.15) is 0 Å². The molecule has 3 rings (SSSR count). The van der Waals surface area contributed by atoms with Gasteiger partial charge < -0.3 is 20.3 Å². The number of nitrogens with zero attached hydrogens (tertiary/aromatic N) is 3. The molecule has 1 atom stereocenters. The van der Waals surface area contributed by atoms with Crippen LogP contribution >= 0.6 is 35.3 Å². The smallest absolute Gasteiger partial charge is 0.407 e. The van der Waals surface area contributed by atoms with Crippen molar-refractivity contribution in [2.45, 2.75) is 65.0 Å². The first kappa shape index (κ1) is 24.2. The number of aryl methyl sites for hydroxylation is 2. The molecule has 164 valence electrons. The molecule has 1 saturated carbocycles. The summed E-state index contributed by atoms with van der Waals surface area (Å²) in [5.41, 5.74) is 1.30. The number of aromatic nitrogens is 1. The second-order valence-corrected chi connectivity index (χ2v) is 8.71. The maximum Gasteiger partial charge on any atom is 0.407 e. The van der Waals surface area contributed by atoms with Crippen molar-refractivity contribution in [2.24, 2.45) is 10.9 Å². The molecule has 1 heterocycles. The van der Waals surface area contributed by atoms with Crippen LogP contribution in [0.15, 0.2) is 4.99 Å². The van der Waals surface area contributed by atoms with Crippen molar-refractivity contribution >= 4 is 47.4 Å². The summed E-state index contributed by atoms with van der Waals surface area (Å²) in [6.07, 6.45) is 6.77. The molecular weight excluding hydrogens is 501 g/mol. The highest BCUT2D eigenvalue weighted by molar-refractivity contribution is 14.0. The number of aliphatic imine (C=N–C) groups is 1. The molecule has 1 aromatic rings. The molecule has 0 spiro atoms. The summed E-state index contributed by atoms with van der Waals surface area (Å²) in [5.74, 6) is 1.36. The number of halogens is 1. The number of amides is 1. The number of rotatable bonds is 8. The van der Waals surface area contributed by atoms with Crippen LogP contribution in [-0.4, -0.2) is 54.7 Å². The van der Waals surface area contributed by atoms with Crippen molar-refractivity contribution < 1.29 is 9.53 Å². The summed E-state index contributed by atoms with van der Waals surface area (Å²) >= 11 is 1.84. The summed E-state index contributed by atoms with van der Waals surface area (Å²) in [6, 6.07) is 0.0354. The van der Waals surface area contributed by atoms with Gasteiger partial charge in [0.15, 0.2) is 5.96 Å². The van der Waals surface area contributed by atoms with E-state index in [9.17, 15) is 4.79 Å². The summed E-state index contributed by atoms with van der Waals surface area (Å²) in [7, 11) is 2.05. The van der Waals surface area contributed by atoms with E-state index in [2.05, 4.69) is 22.5 Å². The van der Waals surface area contributed by atoms with E-state index in [-0.39, 0.29) is 36.1 Å². The van der Waals surface area contributed by atoms with Crippen molar-refractivity contribution in [3.05, 3.63) is 15.6 Å². The summed E-state index contributed by atoms with van der Waals surface area (Å²) < 4.78 is 5.04. The van der Waals surface area contributed by atoms with Gasteiger partial charge in [0, 0.05) is 18.5 Å². The quantitative estimate of drug-likeness (QED) is 0.303. The molecule has 0 aliphatic heterocycles. The lowest BCUT2D eigenvalue weighted by Crippen LogP contribution is -2.42. The highest BCUT2D eigenvalue weighted by atomic mass is 127. The van der Waals surface area contributed by atoms with Crippen molar-refractivity contribution in [3.8, 4) is 0 Å². The first-order chi connectivity index (χ1) is 13.6. The van der Waals surface area contributed by atoms with E-state index in [1.54, 1.807) is 0 Å². The largest absolute Gasteiger partial charge is 0.450 e. The van der Waals surface area contributed by atoms with E-state index in [0.29, 0.717) is 19.1 Å². The number of hydrogen-bond donors (Lipinski definition) is 2. The molecule has 1 amide bonds. The number of nitrogens with one attached hydrogen (secondary N) is 2. The fourth-order valence-corrected chi connectivity index (χ4v) is 4.75. The normalized spacial score (nSPS) is 17.0. The van der Waals surface area contributed by atoms with Crippen molar-refractivity contribution in [3.63, 3.8) is 0 Å². The Morgan fingerprint density at radius 3 is 2.76 bits per heavy atom. The van der Waals surface area contributed by atoms with Gasteiger partial charge in [-0.25, -0.2) is 9.78 Å². The van der Waals surface area contributed by atoms with Gasteiger partial charge in [0.25, 0.3) is 0 Å². The molecule has 7 nitrogen and oxygen atoms in total. The zero-order valence-corrected chi connectivity index (χ0v) is 20.8. The van der Waals surface area contributed by atoms with E-state index in [4.69, 9.17) is 14.7 Å². The molecule has 1 unspecified atom stereocenters. The Hall–Kier alpha value is -1.10. The number of hydrogen-bond acceptors (Lipinski definition) is 5. The van der Waals surface area contributed by atoms with Gasteiger partial charge in [-0.05, 0) is 58.3 Å². The second kappa shape index (κ2) is 11.9. The van der Waals surface area contributed by atoms with Crippen molar-refractivity contribution in [2.75, 3.05) is 26.7 Å². The average Bonchev–Trinajstić information content (AvgIpc) is 3.43. The summed E-state index contributed by atoms with van der Waals surface area (Å²) in [6.45, 7) is 6.39. The maximum atomic E-state index is 11.8. The summed E-state index contributed by atoms with van der Waals surface area (Å²) in [4.78, 5) is 25.1. The molecule has 1 fully saturated rings. The minimum atomic E-state index is -0.346. The first-order valence-electron chi connectivity index (χ1n) is 10.5. The van der Waals surface area contributed by atoms with Crippen molar-refractivity contribution in [1.82, 2.24) is 20.5 Å². The van der Waals surface area contributed by atoms with Gasteiger partial charge in [0.1, 0.15) is 5.01 Å². The molecule has 0 radical (unpaired) electrons. The van der Waals surface area contributed by atoms with Crippen LogP contribution in [0.1, 0.15) is 55.1 Å². The number of alkyl carbamates (subject to hydrolysis) is 1. The third-order valence-electron chi connectivity index (χ3n) is 5.17. The minimum Gasteiger partial charge on any atom is -0.450 e. The van der Waals surface area contributed by atoms with E-state index in [1.807, 2.05) is 25.3 Å². The number of fused-ring (bicyclic) bond motifs is 1. The lowest BCUT2D eigenvalue weighted by molar-refractivity contribution is 0.147. The molecule has 0 saturated heterocycles. The number of thiazole rings is 1. The van der Waals surface area contributed by atoms with E-state index in [0.717, 1.165) is 43.3 Å². The van der Waals surface area contributed by atoms with Gasteiger partial charge in [-0.15, -0.1) is 35.3 Å². The number of ether oxygens (including phenoxy) is 1. The van der Waals surface area contributed by atoms with E-state index >= 15 is 0 Å². The Balaban J connectivity index is 0.00000300. The average molecular weight is 535 g/mol. The third-order valence-corrected chi connectivity index (χ3v) is 6.31. The van der Waals surface area contributed by atoms with E-state index < -0.39 is 0 Å². The predicted molar refractivity (Wildman–Crippen MR) is 128 cm³/mol. The van der Waals surface area contributed by atoms with Crippen LogP contribution < -0.4 is 10.6 Å². The third kappa shape index (κ3) is 7.27. The van der Waals surface area contributed by atoms with Crippen LogP contribution in [-0.2, 0) is 24.1 Å². The molecule has 2 N–H and O–H groups in total. The number of carbonyl (C=O) groups excluding carboxylic acids is 1. The predicted octanol–water partition coefficient (Wildman–Crippen LogP) is 3.56. The first-order valence-corrected chi connectivity index (χ1v) is 11.3. The SMILES string of the molecule is CCNC(=NCC(NC(=O)OCC)C1CC1)N(C)Cc1nc2c(s1)CCCC2.I. The van der Waals surface area contributed by atoms with Gasteiger partial charge in [-0.1, -0.05) is 0 Å². The van der Waals surface area contributed by atoms with Crippen molar-refractivity contribution in [1.29, 1.82) is 0 Å². The van der Waals surface area contributed by atoms with Crippen LogP contribution in [0.2, 0.25) is 0 Å². The van der Waals surface area contributed by atoms with Gasteiger partial charge >= 0.3 is 6.09 Å². The highest BCUT2D eigenvalue weighted by Gasteiger charge is 2.32. The zero-order valence-electron chi connectivity index (χ0n) is 17.7. The van der Waals surface area contributed by atoms with Crippen LogP contribution in [0, 0.1) is 5.92 Å². The Morgan fingerprint density at radius 2 is 2.10 bits per heavy atom. The Labute approximate surface area is 195 Å². The minimum absolute atomic E-state index is 0. The Morgan fingerprint density at radius 1 is 1.34 bits per heavy atom. The van der Waals surface area contributed by atoms with Crippen LogP contribution in [0.4, 0.5) is 4.79 Å². The van der Waals surface area contributed by atoms with Gasteiger partial charge in [0.2, 0.25) is 0 Å². The van der Waals surface area contributed by atoms with Gasteiger partial charge in [-0.3, -0.25) is 4.99 Å². The van der Waals surface area contributed by atoms with E-state index in [1.165, 1.54) is 29.8 Å².